The fourth-order valence-electron chi connectivity index (χ4n) is 5.23. The smallest absolute Gasteiger partial charge is 0.119 e. The Hall–Kier alpha value is -3.08. The number of ether oxygens (including phenoxy) is 1. The molecular weight excluding hydrogens is 450 g/mol. The van der Waals surface area contributed by atoms with Crippen molar-refractivity contribution in [2.24, 2.45) is 5.92 Å². The molecule has 1 aromatic heterocycles. The van der Waals surface area contributed by atoms with Crippen LogP contribution in [0.15, 0.2) is 67.2 Å². The lowest BCUT2D eigenvalue weighted by molar-refractivity contribution is 0.234. The second-order valence-corrected chi connectivity index (χ2v) is 10.9. The van der Waals surface area contributed by atoms with Crippen LogP contribution >= 0.6 is 11.3 Å². The largest absolute Gasteiger partial charge is 0.508 e. The quantitative estimate of drug-likeness (QED) is 0.293. The Morgan fingerprint density at radius 3 is 2.51 bits per heavy atom. The minimum Gasteiger partial charge on any atom is -0.508 e. The number of hydrogen-bond donors (Lipinski definition) is 1. The average molecular weight is 484 g/mol. The fraction of sp³-hybridized carbons (Fsp3) is 0.290. The first-order valence-electron chi connectivity index (χ1n) is 12.4. The summed E-state index contributed by atoms with van der Waals surface area (Å²) in [5.41, 5.74) is 6.95. The van der Waals surface area contributed by atoms with Gasteiger partial charge in [0.2, 0.25) is 0 Å². The van der Waals surface area contributed by atoms with Crippen LogP contribution < -0.4 is 4.74 Å². The zero-order chi connectivity index (χ0) is 24.5. The highest BCUT2D eigenvalue weighted by Gasteiger charge is 2.20. The number of nitrogens with zero attached hydrogens (tertiary/aromatic N) is 1. The van der Waals surface area contributed by atoms with Crippen LogP contribution in [0.2, 0.25) is 0 Å². The van der Waals surface area contributed by atoms with Gasteiger partial charge < -0.3 is 9.84 Å². The van der Waals surface area contributed by atoms with Crippen molar-refractivity contribution < 1.29 is 9.84 Å². The molecule has 1 atom stereocenters. The third-order valence-electron chi connectivity index (χ3n) is 7.06. The van der Waals surface area contributed by atoms with Gasteiger partial charge in [0.15, 0.2) is 0 Å². The lowest BCUT2D eigenvalue weighted by atomic mass is 9.92. The first-order chi connectivity index (χ1) is 16.9. The van der Waals surface area contributed by atoms with E-state index < -0.39 is 0 Å². The molecule has 1 aliphatic rings. The standard InChI is InChI=1S/C31H33NO2S/c1-20-14-15-32(19-20)16-17-34-26-11-8-24(9-12-26)30-27-13-10-25(33)18-28(27)35-31(30)23(4)29-21(2)6-5-7-22(29)3/h5-13,18,20,33H,4,14-17,19H2,1-3H3. The number of hydrogen-bond acceptors (Lipinski definition) is 4. The third kappa shape index (κ3) is 4.86. The molecule has 3 nitrogen and oxygen atoms in total. The Bertz CT molecular complexity index is 1350. The number of benzene rings is 3. The Morgan fingerprint density at radius 2 is 1.83 bits per heavy atom. The van der Waals surface area contributed by atoms with Crippen molar-refractivity contribution in [2.75, 3.05) is 26.2 Å². The van der Waals surface area contributed by atoms with Crippen molar-refractivity contribution in [1.29, 1.82) is 0 Å². The van der Waals surface area contributed by atoms with Crippen LogP contribution in [-0.2, 0) is 0 Å². The Balaban J connectivity index is 1.46. The monoisotopic (exact) mass is 483 g/mol. The van der Waals surface area contributed by atoms with Gasteiger partial charge in [0, 0.05) is 33.6 Å². The molecule has 0 saturated carbocycles. The fourth-order valence-corrected chi connectivity index (χ4v) is 6.46. The first kappa shape index (κ1) is 23.7. The molecule has 1 unspecified atom stereocenters. The second-order valence-electron chi connectivity index (χ2n) is 9.80. The lowest BCUT2D eigenvalue weighted by Gasteiger charge is -2.16. The van der Waals surface area contributed by atoms with E-state index in [9.17, 15) is 5.11 Å². The van der Waals surface area contributed by atoms with E-state index in [0.29, 0.717) is 6.61 Å². The van der Waals surface area contributed by atoms with Crippen LogP contribution in [0.1, 0.15) is 34.9 Å². The van der Waals surface area contributed by atoms with Crippen LogP contribution in [0.5, 0.6) is 11.5 Å². The van der Waals surface area contributed by atoms with E-state index in [1.165, 1.54) is 36.2 Å². The maximum absolute atomic E-state index is 10.1. The highest BCUT2D eigenvalue weighted by Crippen LogP contribution is 2.45. The molecule has 2 heterocycles. The number of fused-ring (bicyclic) bond motifs is 1. The summed E-state index contributed by atoms with van der Waals surface area (Å²) >= 11 is 1.69. The molecular formula is C31H33NO2S. The Morgan fingerprint density at radius 1 is 1.09 bits per heavy atom. The molecule has 0 radical (unpaired) electrons. The molecule has 180 valence electrons. The van der Waals surface area contributed by atoms with E-state index >= 15 is 0 Å². The molecule has 1 aliphatic heterocycles. The van der Waals surface area contributed by atoms with Crippen LogP contribution in [0.3, 0.4) is 0 Å². The van der Waals surface area contributed by atoms with E-state index in [-0.39, 0.29) is 5.75 Å². The molecule has 0 amide bonds. The number of rotatable bonds is 7. The first-order valence-corrected chi connectivity index (χ1v) is 13.2. The van der Waals surface area contributed by atoms with Gasteiger partial charge in [-0.15, -0.1) is 11.3 Å². The number of likely N-dealkylation sites (tertiary alicyclic amines) is 1. The summed E-state index contributed by atoms with van der Waals surface area (Å²) in [7, 11) is 0. The highest BCUT2D eigenvalue weighted by molar-refractivity contribution is 7.20. The molecule has 3 aromatic carbocycles. The minimum atomic E-state index is 0.283. The third-order valence-corrected chi connectivity index (χ3v) is 8.27. The molecule has 35 heavy (non-hydrogen) atoms. The van der Waals surface area contributed by atoms with Gasteiger partial charge in [0.1, 0.15) is 18.1 Å². The summed E-state index contributed by atoms with van der Waals surface area (Å²) in [4.78, 5) is 3.62. The van der Waals surface area contributed by atoms with Gasteiger partial charge in [-0.2, -0.15) is 0 Å². The summed E-state index contributed by atoms with van der Waals surface area (Å²) in [5, 5.41) is 11.3. The molecule has 5 rings (SSSR count). The van der Waals surface area contributed by atoms with Gasteiger partial charge in [-0.05, 0) is 90.9 Å². The van der Waals surface area contributed by atoms with E-state index in [4.69, 9.17) is 4.74 Å². The van der Waals surface area contributed by atoms with Crippen LogP contribution in [-0.4, -0.2) is 36.2 Å². The predicted octanol–water partition coefficient (Wildman–Crippen LogP) is 7.67. The SMILES string of the molecule is C=C(c1sc2cc(O)ccc2c1-c1ccc(OCCN2CCC(C)C2)cc1)c1c(C)cccc1C. The zero-order valence-electron chi connectivity index (χ0n) is 20.8. The number of phenols is 1. The molecule has 0 bridgehead atoms. The maximum Gasteiger partial charge on any atom is 0.119 e. The molecule has 1 saturated heterocycles. The number of aromatic hydroxyl groups is 1. The predicted molar refractivity (Wildman–Crippen MR) is 149 cm³/mol. The topological polar surface area (TPSA) is 32.7 Å². The van der Waals surface area contributed by atoms with E-state index in [1.54, 1.807) is 17.4 Å². The van der Waals surface area contributed by atoms with Crippen molar-refractivity contribution in [3.05, 3.63) is 88.8 Å². The summed E-state index contributed by atoms with van der Waals surface area (Å²) in [6, 6.07) is 20.4. The van der Waals surface area contributed by atoms with E-state index in [0.717, 1.165) is 49.9 Å². The van der Waals surface area contributed by atoms with Gasteiger partial charge in [0.25, 0.3) is 0 Å². The molecule has 4 aromatic rings. The maximum atomic E-state index is 10.1. The summed E-state index contributed by atoms with van der Waals surface area (Å²) in [5.74, 6) is 1.98. The van der Waals surface area contributed by atoms with Crippen LogP contribution in [0.25, 0.3) is 26.8 Å². The molecule has 4 heteroatoms. The van der Waals surface area contributed by atoms with Gasteiger partial charge >= 0.3 is 0 Å². The van der Waals surface area contributed by atoms with Crippen molar-refractivity contribution in [2.45, 2.75) is 27.2 Å². The molecule has 1 fully saturated rings. The van der Waals surface area contributed by atoms with Crippen molar-refractivity contribution in [3.63, 3.8) is 0 Å². The Kier molecular flexibility index (Phi) is 6.68. The molecule has 1 N–H and O–H groups in total. The van der Waals surface area contributed by atoms with E-state index in [1.807, 2.05) is 12.1 Å². The molecule has 0 aliphatic carbocycles. The Labute approximate surface area is 212 Å². The minimum absolute atomic E-state index is 0.283. The van der Waals surface area contributed by atoms with Gasteiger partial charge in [-0.1, -0.05) is 43.8 Å². The van der Waals surface area contributed by atoms with Crippen molar-refractivity contribution >= 4 is 27.0 Å². The number of phenolic OH excluding ortho intramolecular Hbond substituents is 1. The van der Waals surface area contributed by atoms with Gasteiger partial charge in [0.05, 0.1) is 0 Å². The van der Waals surface area contributed by atoms with Gasteiger partial charge in [-0.25, -0.2) is 0 Å². The summed E-state index contributed by atoms with van der Waals surface area (Å²) in [6.45, 7) is 15.2. The van der Waals surface area contributed by atoms with Crippen molar-refractivity contribution in [3.8, 4) is 22.6 Å². The average Bonchev–Trinajstić information content (AvgIpc) is 3.42. The van der Waals surface area contributed by atoms with Gasteiger partial charge in [-0.3, -0.25) is 4.90 Å². The zero-order valence-corrected chi connectivity index (χ0v) is 21.6. The highest BCUT2D eigenvalue weighted by atomic mass is 32.1. The summed E-state index contributed by atoms with van der Waals surface area (Å²) < 4.78 is 7.13. The second kappa shape index (κ2) is 9.88. The van der Waals surface area contributed by atoms with Crippen LogP contribution in [0.4, 0.5) is 0 Å². The normalized spacial score (nSPS) is 16.1. The lowest BCUT2D eigenvalue weighted by Crippen LogP contribution is -2.25. The summed E-state index contributed by atoms with van der Waals surface area (Å²) in [6.07, 6.45) is 1.29. The number of thiophene rings is 1. The van der Waals surface area contributed by atoms with E-state index in [2.05, 4.69) is 74.7 Å². The molecule has 0 spiro atoms. The van der Waals surface area contributed by atoms with Crippen LogP contribution in [0, 0.1) is 19.8 Å². The van der Waals surface area contributed by atoms with Crippen molar-refractivity contribution in [1.82, 2.24) is 4.90 Å². The number of aryl methyl sites for hydroxylation is 2.